The number of rotatable bonds is 8. The van der Waals surface area contributed by atoms with Crippen LogP contribution in [0.15, 0.2) is 89.8 Å². The lowest BCUT2D eigenvalue weighted by Gasteiger charge is -2.29. The summed E-state index contributed by atoms with van der Waals surface area (Å²) in [6, 6.07) is 21.0. The van der Waals surface area contributed by atoms with Gasteiger partial charge in [-0.25, -0.2) is 0 Å². The molecule has 4 amide bonds. The topological polar surface area (TPSA) is 163 Å². The van der Waals surface area contributed by atoms with Gasteiger partial charge in [-0.3, -0.25) is 34.5 Å². The first-order valence-corrected chi connectivity index (χ1v) is 20.0. The highest BCUT2D eigenvalue weighted by atomic mass is 16.5. The molecule has 1 fully saturated rings. The lowest BCUT2D eigenvalue weighted by molar-refractivity contribution is -0.136. The second-order valence-corrected chi connectivity index (χ2v) is 15.6. The number of amides is 4. The average molecular weight is 796 g/mol. The third kappa shape index (κ3) is 6.87. The fraction of sp³-hybridized carbons (Fsp3) is 0.229. The number of aryl methyl sites for hydroxylation is 2. The minimum absolute atomic E-state index is 0.193. The van der Waals surface area contributed by atoms with Crippen LogP contribution in [-0.4, -0.2) is 61.2 Å². The van der Waals surface area contributed by atoms with Gasteiger partial charge in [-0.15, -0.1) is 0 Å². The van der Waals surface area contributed by atoms with Gasteiger partial charge >= 0.3 is 0 Å². The lowest BCUT2D eigenvalue weighted by atomic mass is 9.91. The van der Waals surface area contributed by atoms with Gasteiger partial charge in [0.25, 0.3) is 11.8 Å². The van der Waals surface area contributed by atoms with Gasteiger partial charge in [-0.1, -0.05) is 55.1 Å². The Labute approximate surface area is 345 Å². The van der Waals surface area contributed by atoms with Crippen molar-refractivity contribution in [2.45, 2.75) is 65.5 Å². The molecule has 9 rings (SSSR count). The summed E-state index contributed by atoms with van der Waals surface area (Å²) >= 11 is 0. The van der Waals surface area contributed by atoms with E-state index in [0.717, 1.165) is 72.2 Å². The van der Waals surface area contributed by atoms with E-state index in [4.69, 9.17) is 9.51 Å². The van der Waals surface area contributed by atoms with Crippen LogP contribution in [0.4, 0.5) is 0 Å². The van der Waals surface area contributed by atoms with Crippen LogP contribution in [0.3, 0.4) is 0 Å². The number of aromatic nitrogens is 4. The molecule has 12 nitrogen and oxygen atoms in total. The van der Waals surface area contributed by atoms with Crippen LogP contribution >= 0.6 is 0 Å². The number of aromatic amines is 1. The number of carbonyl (C=O) groups excluding carboxylic acids is 4. The molecule has 2 aliphatic rings. The number of benzene rings is 3. The number of H-pyrrole nitrogens is 1. The van der Waals surface area contributed by atoms with Crippen molar-refractivity contribution in [3.8, 4) is 45.4 Å². The van der Waals surface area contributed by atoms with Crippen LogP contribution < -0.4 is 10.6 Å². The average Bonchev–Trinajstić information content (AvgIpc) is 3.93. The standard InChI is InChI=1S/C48H41N7O5/c1-26(2)35-19-32(20-36-38(24-52-45(35)36)44-27(3)54-60-28(44)4)33-12-8-11-30-21-41(51-23-37(30)33)31-14-15-40(50-22-31)46(57)49-18-6-5-9-29-10-7-13-34-39(29)25-55(48(34)59)42-16-17-43(56)53-47(42)58/h7-8,10-15,19-24,26,42,52H,6,16-18,25H2,1-4H3,(H,49,57)(H,53,56,58). The third-order valence-corrected chi connectivity index (χ3v) is 11.5. The molecular weight excluding hydrogens is 755 g/mol. The van der Waals surface area contributed by atoms with E-state index in [-0.39, 0.29) is 42.3 Å². The van der Waals surface area contributed by atoms with Crippen molar-refractivity contribution in [2.75, 3.05) is 6.54 Å². The molecule has 4 aromatic heterocycles. The fourth-order valence-electron chi connectivity index (χ4n) is 8.40. The number of pyridine rings is 2. The van der Waals surface area contributed by atoms with E-state index < -0.39 is 11.9 Å². The Morgan fingerprint density at radius 3 is 2.55 bits per heavy atom. The molecule has 0 spiro atoms. The van der Waals surface area contributed by atoms with Crippen LogP contribution in [0.1, 0.15) is 88.0 Å². The van der Waals surface area contributed by atoms with E-state index in [9.17, 15) is 19.2 Å². The number of nitrogens with one attached hydrogen (secondary N) is 3. The first-order valence-electron chi connectivity index (χ1n) is 20.0. The molecule has 3 aromatic carbocycles. The molecule has 0 saturated carbocycles. The van der Waals surface area contributed by atoms with E-state index >= 15 is 0 Å². The Kier molecular flexibility index (Phi) is 9.80. The predicted molar refractivity (Wildman–Crippen MR) is 228 cm³/mol. The summed E-state index contributed by atoms with van der Waals surface area (Å²) in [5, 5.41) is 12.6. The van der Waals surface area contributed by atoms with Gasteiger partial charge < -0.3 is 19.7 Å². The Bertz CT molecular complexity index is 2950. The second-order valence-electron chi connectivity index (χ2n) is 15.6. The monoisotopic (exact) mass is 795 g/mol. The summed E-state index contributed by atoms with van der Waals surface area (Å²) in [5.74, 6) is 5.96. The smallest absolute Gasteiger partial charge is 0.269 e. The normalized spacial score (nSPS) is 15.1. The quantitative estimate of drug-likeness (QED) is 0.0798. The Hall–Kier alpha value is -7.39. The Morgan fingerprint density at radius 1 is 0.950 bits per heavy atom. The highest BCUT2D eigenvalue weighted by molar-refractivity contribution is 6.06. The summed E-state index contributed by atoms with van der Waals surface area (Å²) in [4.78, 5) is 64.5. The van der Waals surface area contributed by atoms with Crippen molar-refractivity contribution >= 4 is 45.3 Å². The molecule has 3 N–H and O–H groups in total. The van der Waals surface area contributed by atoms with E-state index in [1.807, 2.05) is 44.4 Å². The number of imide groups is 1. The van der Waals surface area contributed by atoms with Crippen LogP contribution in [0, 0.1) is 25.7 Å². The lowest BCUT2D eigenvalue weighted by Crippen LogP contribution is -2.52. The molecule has 1 saturated heterocycles. The van der Waals surface area contributed by atoms with E-state index in [0.29, 0.717) is 30.5 Å². The van der Waals surface area contributed by atoms with E-state index in [1.165, 1.54) is 10.5 Å². The van der Waals surface area contributed by atoms with E-state index in [1.54, 1.807) is 24.4 Å². The predicted octanol–water partition coefficient (Wildman–Crippen LogP) is 7.77. The number of hydrogen-bond donors (Lipinski definition) is 3. The van der Waals surface area contributed by atoms with Crippen LogP contribution in [0.5, 0.6) is 0 Å². The van der Waals surface area contributed by atoms with Crippen LogP contribution in [0.2, 0.25) is 0 Å². The van der Waals surface area contributed by atoms with Gasteiger partial charge in [0.15, 0.2) is 0 Å². The molecule has 2 aliphatic heterocycles. The molecule has 298 valence electrons. The van der Waals surface area contributed by atoms with Gasteiger partial charge in [0.05, 0.1) is 11.4 Å². The first-order chi connectivity index (χ1) is 29.0. The van der Waals surface area contributed by atoms with E-state index in [2.05, 4.69) is 81.8 Å². The molecule has 0 aliphatic carbocycles. The summed E-state index contributed by atoms with van der Waals surface area (Å²) < 4.78 is 5.53. The Morgan fingerprint density at radius 2 is 1.78 bits per heavy atom. The van der Waals surface area contributed by atoms with Gasteiger partial charge in [0, 0.05) is 88.6 Å². The van der Waals surface area contributed by atoms with Gasteiger partial charge in [0.2, 0.25) is 11.8 Å². The summed E-state index contributed by atoms with van der Waals surface area (Å²) in [7, 11) is 0. The number of nitrogens with zero attached hydrogens (tertiary/aromatic N) is 4. The molecule has 1 unspecified atom stereocenters. The summed E-state index contributed by atoms with van der Waals surface area (Å²) in [5.41, 5.74) is 11.2. The van der Waals surface area contributed by atoms with Crippen molar-refractivity contribution in [3.05, 3.63) is 125 Å². The Balaban J connectivity index is 0.875. The van der Waals surface area contributed by atoms with Gasteiger partial charge in [0.1, 0.15) is 17.5 Å². The maximum absolute atomic E-state index is 13.1. The molecular formula is C48H41N7O5. The zero-order valence-electron chi connectivity index (χ0n) is 33.6. The molecule has 0 bridgehead atoms. The highest BCUT2D eigenvalue weighted by Gasteiger charge is 2.39. The second kappa shape index (κ2) is 15.4. The number of piperidine rings is 1. The zero-order chi connectivity index (χ0) is 41.7. The fourth-order valence-corrected chi connectivity index (χ4v) is 8.40. The molecule has 7 aromatic rings. The highest BCUT2D eigenvalue weighted by Crippen LogP contribution is 2.40. The molecule has 6 heterocycles. The number of carbonyl (C=O) groups is 4. The van der Waals surface area contributed by atoms with Crippen molar-refractivity contribution in [1.29, 1.82) is 0 Å². The molecule has 60 heavy (non-hydrogen) atoms. The van der Waals surface area contributed by atoms with Gasteiger partial charge in [-0.05, 0) is 96.3 Å². The zero-order valence-corrected chi connectivity index (χ0v) is 33.6. The molecule has 0 radical (unpaired) electrons. The van der Waals surface area contributed by atoms with Crippen molar-refractivity contribution in [3.63, 3.8) is 0 Å². The summed E-state index contributed by atoms with van der Waals surface area (Å²) in [6.45, 7) is 8.87. The largest absolute Gasteiger partial charge is 0.361 e. The number of hydrogen-bond acceptors (Lipinski definition) is 8. The maximum atomic E-state index is 13.1. The minimum Gasteiger partial charge on any atom is -0.361 e. The number of fused-ring (bicyclic) bond motifs is 3. The van der Waals surface area contributed by atoms with Gasteiger partial charge in [-0.2, -0.15) is 0 Å². The maximum Gasteiger partial charge on any atom is 0.269 e. The van der Waals surface area contributed by atoms with Crippen molar-refractivity contribution < 1.29 is 23.7 Å². The molecule has 1 atom stereocenters. The van der Waals surface area contributed by atoms with Crippen molar-refractivity contribution in [2.24, 2.45) is 0 Å². The first kappa shape index (κ1) is 38.1. The van der Waals surface area contributed by atoms with Crippen LogP contribution in [-0.2, 0) is 16.1 Å². The SMILES string of the molecule is Cc1noc(C)c1-c1c[nH]c2c(C(C)C)cc(-c3cccc4cc(-c5ccc(C(=O)NCCC#Cc6cccc7c6CN(C6CCC(=O)NC6=O)C7=O)nc5)ncc34)cc12. The molecule has 12 heteroatoms. The van der Waals surface area contributed by atoms with Crippen LogP contribution in [0.25, 0.3) is 55.2 Å². The van der Waals surface area contributed by atoms with Crippen molar-refractivity contribution in [1.82, 2.24) is 35.6 Å². The minimum atomic E-state index is -0.690. The summed E-state index contributed by atoms with van der Waals surface area (Å²) in [6.07, 6.45) is 6.48. The third-order valence-electron chi connectivity index (χ3n) is 11.5.